The molecule has 2 rings (SSSR count). The predicted molar refractivity (Wildman–Crippen MR) is 72.6 cm³/mol. The Hall–Kier alpha value is -2.00. The van der Waals surface area contributed by atoms with Crippen LogP contribution in [0.5, 0.6) is 5.75 Å². The zero-order chi connectivity index (χ0) is 13.4. The van der Waals surface area contributed by atoms with Crippen LogP contribution in [-0.4, -0.2) is 11.0 Å². The van der Waals surface area contributed by atoms with Gasteiger partial charge in [0.15, 0.2) is 0 Å². The lowest BCUT2D eigenvalue weighted by atomic mass is 10.1. The predicted octanol–water partition coefficient (Wildman–Crippen LogP) is 2.92. The van der Waals surface area contributed by atoms with Gasteiger partial charge in [-0.1, -0.05) is 30.3 Å². The molecule has 0 unspecified atom stereocenters. The van der Waals surface area contributed by atoms with Gasteiger partial charge < -0.3 is 10.8 Å². The van der Waals surface area contributed by atoms with Gasteiger partial charge in [-0.2, -0.15) is 0 Å². The van der Waals surface area contributed by atoms with Crippen LogP contribution in [0.25, 0.3) is 0 Å². The van der Waals surface area contributed by atoms with Crippen LogP contribution in [-0.2, 0) is 5.88 Å². The minimum absolute atomic E-state index is 0.322. The van der Waals surface area contributed by atoms with Gasteiger partial charge in [0.05, 0.1) is 0 Å². The molecule has 0 bridgehead atoms. The first-order valence-corrected chi connectivity index (χ1v) is 5.85. The molecular weight excluding hydrogens is 250 g/mol. The number of primary amides is 1. The van der Waals surface area contributed by atoms with Crippen LogP contribution in [0.15, 0.2) is 54.6 Å². The number of aromatic hydroxyl groups is 1. The van der Waals surface area contributed by atoms with Crippen LogP contribution in [0.4, 0.5) is 0 Å². The molecule has 4 heteroatoms. The number of hydrogen-bond acceptors (Lipinski definition) is 2. The SMILES string of the molecule is NC(=O)c1ccc(CCl)cc1.Oc1ccccc1. The number of phenols is 1. The third-order valence-corrected chi connectivity index (χ3v) is 2.46. The van der Waals surface area contributed by atoms with Crippen LogP contribution >= 0.6 is 11.6 Å². The number of hydrogen-bond donors (Lipinski definition) is 2. The lowest BCUT2D eigenvalue weighted by molar-refractivity contribution is 0.100. The summed E-state index contributed by atoms with van der Waals surface area (Å²) in [7, 11) is 0. The second kappa shape index (κ2) is 7.35. The first kappa shape index (κ1) is 14.1. The van der Waals surface area contributed by atoms with Crippen molar-refractivity contribution < 1.29 is 9.90 Å². The Morgan fingerprint density at radius 3 is 1.94 bits per heavy atom. The van der Waals surface area contributed by atoms with Gasteiger partial charge in [-0.15, -0.1) is 11.6 Å². The van der Waals surface area contributed by atoms with Crippen LogP contribution in [0.3, 0.4) is 0 Å². The van der Waals surface area contributed by atoms with E-state index in [9.17, 15) is 4.79 Å². The highest BCUT2D eigenvalue weighted by molar-refractivity contribution is 6.17. The van der Waals surface area contributed by atoms with E-state index in [1.807, 2.05) is 6.07 Å². The lowest BCUT2D eigenvalue weighted by Gasteiger charge is -1.96. The summed E-state index contributed by atoms with van der Waals surface area (Å²) < 4.78 is 0. The van der Waals surface area contributed by atoms with Crippen molar-refractivity contribution in [2.75, 3.05) is 0 Å². The molecule has 18 heavy (non-hydrogen) atoms. The van der Waals surface area contributed by atoms with Crippen molar-refractivity contribution in [3.63, 3.8) is 0 Å². The molecule has 0 aromatic heterocycles. The average Bonchev–Trinajstić information content (AvgIpc) is 2.40. The summed E-state index contributed by atoms with van der Waals surface area (Å²) in [5.41, 5.74) is 6.53. The largest absolute Gasteiger partial charge is 0.508 e. The number of para-hydroxylation sites is 1. The maximum absolute atomic E-state index is 10.6. The molecule has 2 aromatic rings. The number of rotatable bonds is 2. The number of carbonyl (C=O) groups excluding carboxylic acids is 1. The Bertz CT molecular complexity index is 483. The maximum Gasteiger partial charge on any atom is 0.248 e. The molecule has 1 amide bonds. The zero-order valence-corrected chi connectivity index (χ0v) is 10.5. The smallest absolute Gasteiger partial charge is 0.248 e. The van der Waals surface area contributed by atoms with Crippen molar-refractivity contribution in [2.45, 2.75) is 5.88 Å². The zero-order valence-electron chi connectivity index (χ0n) is 9.71. The van der Waals surface area contributed by atoms with E-state index < -0.39 is 5.91 Å². The summed E-state index contributed by atoms with van der Waals surface area (Å²) in [6.07, 6.45) is 0. The highest BCUT2D eigenvalue weighted by atomic mass is 35.5. The number of alkyl halides is 1. The standard InChI is InChI=1S/C8H8ClNO.C6H6O/c9-5-6-1-3-7(4-2-6)8(10)11;7-6-4-2-1-3-5-6/h1-4H,5H2,(H2,10,11);1-5,7H. The summed E-state index contributed by atoms with van der Waals surface area (Å²) >= 11 is 5.54. The van der Waals surface area contributed by atoms with Gasteiger partial charge in [0, 0.05) is 11.4 Å². The lowest BCUT2D eigenvalue weighted by Crippen LogP contribution is -2.10. The van der Waals surface area contributed by atoms with Crippen LogP contribution in [0, 0.1) is 0 Å². The van der Waals surface area contributed by atoms with E-state index in [4.69, 9.17) is 22.4 Å². The van der Waals surface area contributed by atoms with E-state index >= 15 is 0 Å². The molecule has 0 saturated heterocycles. The molecule has 0 saturated carbocycles. The summed E-state index contributed by atoms with van der Waals surface area (Å²) in [6, 6.07) is 15.6. The molecule has 0 heterocycles. The van der Waals surface area contributed by atoms with Crippen LogP contribution in [0.1, 0.15) is 15.9 Å². The highest BCUT2D eigenvalue weighted by Crippen LogP contribution is 2.05. The molecule has 0 fully saturated rings. The summed E-state index contributed by atoms with van der Waals surface area (Å²) in [5, 5.41) is 8.63. The van der Waals surface area contributed by atoms with Crippen LogP contribution in [0.2, 0.25) is 0 Å². The van der Waals surface area contributed by atoms with E-state index in [1.54, 1.807) is 48.5 Å². The Morgan fingerprint density at radius 2 is 1.61 bits per heavy atom. The topological polar surface area (TPSA) is 63.3 Å². The van der Waals surface area contributed by atoms with E-state index in [2.05, 4.69) is 0 Å². The molecule has 3 nitrogen and oxygen atoms in total. The molecule has 0 atom stereocenters. The fourth-order valence-corrected chi connectivity index (χ4v) is 1.36. The Morgan fingerprint density at radius 1 is 1.06 bits per heavy atom. The first-order valence-electron chi connectivity index (χ1n) is 5.32. The number of benzene rings is 2. The monoisotopic (exact) mass is 263 g/mol. The third-order valence-electron chi connectivity index (χ3n) is 2.15. The second-order valence-corrected chi connectivity index (χ2v) is 3.80. The normalized spacial score (nSPS) is 9.17. The minimum Gasteiger partial charge on any atom is -0.508 e. The second-order valence-electron chi connectivity index (χ2n) is 3.53. The summed E-state index contributed by atoms with van der Waals surface area (Å²) in [4.78, 5) is 10.6. The van der Waals surface area contributed by atoms with Gasteiger partial charge in [0.25, 0.3) is 0 Å². The van der Waals surface area contributed by atoms with Crippen molar-refractivity contribution in [2.24, 2.45) is 5.73 Å². The van der Waals surface area contributed by atoms with Gasteiger partial charge in [0.2, 0.25) is 5.91 Å². The third kappa shape index (κ3) is 4.89. The summed E-state index contributed by atoms with van der Waals surface area (Å²) in [6.45, 7) is 0. The molecule has 2 aromatic carbocycles. The van der Waals surface area contributed by atoms with Crippen molar-refractivity contribution in [1.29, 1.82) is 0 Å². The van der Waals surface area contributed by atoms with E-state index in [1.165, 1.54) is 0 Å². The highest BCUT2D eigenvalue weighted by Gasteiger charge is 1.97. The molecule has 0 radical (unpaired) electrons. The van der Waals surface area contributed by atoms with Crippen molar-refractivity contribution in [3.05, 3.63) is 65.7 Å². The fraction of sp³-hybridized carbons (Fsp3) is 0.0714. The quantitative estimate of drug-likeness (QED) is 0.819. The van der Waals surface area contributed by atoms with Gasteiger partial charge in [-0.25, -0.2) is 0 Å². The molecular formula is C14H14ClNO2. The number of phenolic OH excluding ortho intramolecular Hbond substituents is 1. The van der Waals surface area contributed by atoms with Crippen molar-refractivity contribution in [1.82, 2.24) is 0 Å². The Balaban J connectivity index is 0.000000199. The number of amides is 1. The Labute approximate surface area is 111 Å². The fourth-order valence-electron chi connectivity index (χ4n) is 1.19. The molecule has 94 valence electrons. The van der Waals surface area contributed by atoms with Crippen molar-refractivity contribution in [3.8, 4) is 5.75 Å². The minimum atomic E-state index is -0.411. The van der Waals surface area contributed by atoms with E-state index in [-0.39, 0.29) is 0 Å². The molecule has 0 aliphatic rings. The van der Waals surface area contributed by atoms with Gasteiger partial charge in [0.1, 0.15) is 5.75 Å². The number of carbonyl (C=O) groups is 1. The molecule has 3 N–H and O–H groups in total. The first-order chi connectivity index (χ1) is 8.63. The van der Waals surface area contributed by atoms with Gasteiger partial charge in [-0.05, 0) is 29.8 Å². The van der Waals surface area contributed by atoms with Crippen molar-refractivity contribution >= 4 is 17.5 Å². The van der Waals surface area contributed by atoms with E-state index in [0.29, 0.717) is 17.2 Å². The van der Waals surface area contributed by atoms with Gasteiger partial charge in [-0.3, -0.25) is 4.79 Å². The molecule has 0 aliphatic heterocycles. The maximum atomic E-state index is 10.6. The summed E-state index contributed by atoms with van der Waals surface area (Å²) in [5.74, 6) is 0.368. The van der Waals surface area contributed by atoms with Crippen LogP contribution < -0.4 is 5.73 Å². The molecule has 0 spiro atoms. The number of halogens is 1. The number of nitrogens with two attached hydrogens (primary N) is 1. The van der Waals surface area contributed by atoms with E-state index in [0.717, 1.165) is 5.56 Å². The van der Waals surface area contributed by atoms with Gasteiger partial charge >= 0.3 is 0 Å². The Kier molecular flexibility index (Phi) is 5.74. The average molecular weight is 264 g/mol. The molecule has 0 aliphatic carbocycles.